The lowest BCUT2D eigenvalue weighted by molar-refractivity contribution is -0.201. The van der Waals surface area contributed by atoms with Gasteiger partial charge in [-0.15, -0.1) is 5.06 Å². The molecular weight excluding hydrogens is 390 g/mol. The molecule has 1 N–H and O–H groups in total. The minimum absolute atomic E-state index is 0.00873. The molecule has 12 heteroatoms. The van der Waals surface area contributed by atoms with Crippen LogP contribution in [0.1, 0.15) is 51.4 Å². The van der Waals surface area contributed by atoms with Crippen LogP contribution in [-0.2, 0) is 43.2 Å². The van der Waals surface area contributed by atoms with Crippen LogP contribution in [0.25, 0.3) is 0 Å². The van der Waals surface area contributed by atoms with Gasteiger partial charge in [-0.3, -0.25) is 24.0 Å². The Morgan fingerprint density at radius 3 is 2.10 bits per heavy atom. The fraction of sp³-hybridized carbons (Fsp3) is 0.588. The summed E-state index contributed by atoms with van der Waals surface area (Å²) in [5, 5.41) is 3.42. The molecule has 0 radical (unpaired) electrons. The molecule has 2 rings (SSSR count). The molecule has 2 heterocycles. The van der Waals surface area contributed by atoms with Gasteiger partial charge in [0.25, 0.3) is 17.7 Å². The summed E-state index contributed by atoms with van der Waals surface area (Å²) in [5.41, 5.74) is 0. The van der Waals surface area contributed by atoms with Crippen LogP contribution in [0, 0.1) is 0 Å². The van der Waals surface area contributed by atoms with Crippen molar-refractivity contribution in [3.8, 4) is 0 Å². The third kappa shape index (κ3) is 6.97. The number of hydrogen-bond acceptors (Lipinski definition) is 9. The number of rotatable bonds is 9. The first-order valence-electron chi connectivity index (χ1n) is 9.12. The topological polar surface area (TPSA) is 156 Å². The fourth-order valence-corrected chi connectivity index (χ4v) is 2.56. The third-order valence-corrected chi connectivity index (χ3v) is 4.09. The maximum Gasteiger partial charge on any atom is 0.352 e. The number of amides is 4. The molecule has 29 heavy (non-hydrogen) atoms. The summed E-state index contributed by atoms with van der Waals surface area (Å²) in [6, 6.07) is 0. The van der Waals surface area contributed by atoms with Gasteiger partial charge in [0.1, 0.15) is 13.1 Å². The second kappa shape index (κ2) is 10.3. The number of piperidine rings is 1. The molecule has 0 unspecified atom stereocenters. The van der Waals surface area contributed by atoms with E-state index in [9.17, 15) is 33.6 Å². The number of hydroxylamine groups is 4. The lowest BCUT2D eigenvalue weighted by Gasteiger charge is -2.23. The highest BCUT2D eigenvalue weighted by molar-refractivity contribution is 6.01. The predicted octanol–water partition coefficient (Wildman–Crippen LogP) is -1.08. The zero-order chi connectivity index (χ0) is 21.4. The van der Waals surface area contributed by atoms with E-state index in [1.54, 1.807) is 0 Å². The van der Waals surface area contributed by atoms with Crippen molar-refractivity contribution in [1.82, 2.24) is 15.4 Å². The van der Waals surface area contributed by atoms with E-state index in [1.807, 2.05) is 0 Å². The van der Waals surface area contributed by atoms with Gasteiger partial charge in [0.2, 0.25) is 5.91 Å². The molecule has 2 saturated heterocycles. The van der Waals surface area contributed by atoms with E-state index in [-0.39, 0.29) is 50.9 Å². The first-order valence-corrected chi connectivity index (χ1v) is 9.12. The predicted molar refractivity (Wildman–Crippen MR) is 90.7 cm³/mol. The number of ketones is 1. The lowest BCUT2D eigenvalue weighted by Crippen LogP contribution is -2.41. The van der Waals surface area contributed by atoms with Crippen LogP contribution < -0.4 is 5.32 Å². The van der Waals surface area contributed by atoms with E-state index in [0.29, 0.717) is 17.9 Å². The Bertz CT molecular complexity index is 718. The van der Waals surface area contributed by atoms with Crippen LogP contribution in [0.3, 0.4) is 0 Å². The zero-order valence-corrected chi connectivity index (χ0v) is 15.6. The molecule has 0 atom stereocenters. The highest BCUT2D eigenvalue weighted by Crippen LogP contribution is 2.12. The molecule has 0 aromatic rings. The Morgan fingerprint density at radius 2 is 1.41 bits per heavy atom. The van der Waals surface area contributed by atoms with Crippen LogP contribution in [0.15, 0.2) is 0 Å². The summed E-state index contributed by atoms with van der Waals surface area (Å²) in [6.45, 7) is -0.763. The van der Waals surface area contributed by atoms with E-state index >= 15 is 0 Å². The summed E-state index contributed by atoms with van der Waals surface area (Å²) >= 11 is 0. The number of hydrogen-bond donors (Lipinski definition) is 1. The van der Waals surface area contributed by atoms with Crippen molar-refractivity contribution in [2.75, 3.05) is 13.1 Å². The summed E-state index contributed by atoms with van der Waals surface area (Å²) in [7, 11) is 0. The summed E-state index contributed by atoms with van der Waals surface area (Å²) in [6.07, 6.45) is 0.673. The number of unbranched alkanes of at least 4 members (excludes halogenated alkanes) is 1. The van der Waals surface area contributed by atoms with Crippen molar-refractivity contribution in [1.29, 1.82) is 0 Å². The SMILES string of the molecule is O=C1CCC(=O)N(OC(=O)CCCCC(=O)NCC(=O)ON2C(=O)CCC2=O)C1. The average Bonchev–Trinajstić information content (AvgIpc) is 2.98. The van der Waals surface area contributed by atoms with Crippen molar-refractivity contribution in [2.45, 2.75) is 51.4 Å². The lowest BCUT2D eigenvalue weighted by atomic mass is 10.1. The molecule has 2 fully saturated rings. The summed E-state index contributed by atoms with van der Waals surface area (Å²) in [4.78, 5) is 89.8. The molecule has 12 nitrogen and oxygen atoms in total. The van der Waals surface area contributed by atoms with E-state index in [0.717, 1.165) is 5.06 Å². The van der Waals surface area contributed by atoms with Crippen molar-refractivity contribution >= 4 is 41.4 Å². The normalized spacial score (nSPS) is 16.8. The quantitative estimate of drug-likeness (QED) is 0.368. The number of Topliss-reactive ketones (excluding diaryl/α,β-unsaturated/α-hetero) is 1. The molecule has 2 aliphatic rings. The van der Waals surface area contributed by atoms with Gasteiger partial charge in [-0.05, 0) is 12.8 Å². The van der Waals surface area contributed by atoms with Crippen LogP contribution in [0.2, 0.25) is 0 Å². The molecule has 4 amide bonds. The first kappa shape index (κ1) is 22.0. The zero-order valence-electron chi connectivity index (χ0n) is 15.6. The number of imide groups is 1. The van der Waals surface area contributed by atoms with Gasteiger partial charge < -0.3 is 15.0 Å². The molecule has 2 aliphatic heterocycles. The highest BCUT2D eigenvalue weighted by Gasteiger charge is 2.32. The van der Waals surface area contributed by atoms with E-state index in [4.69, 9.17) is 4.84 Å². The van der Waals surface area contributed by atoms with Crippen molar-refractivity contribution in [3.05, 3.63) is 0 Å². The van der Waals surface area contributed by atoms with E-state index in [2.05, 4.69) is 10.2 Å². The molecule has 0 saturated carbocycles. The third-order valence-electron chi connectivity index (χ3n) is 4.09. The smallest absolute Gasteiger partial charge is 0.345 e. The number of carbonyl (C=O) groups excluding carboxylic acids is 7. The summed E-state index contributed by atoms with van der Waals surface area (Å²) in [5.74, 6) is -3.96. The molecular formula is C17H21N3O9. The van der Waals surface area contributed by atoms with Gasteiger partial charge in [0.15, 0.2) is 5.78 Å². The van der Waals surface area contributed by atoms with Gasteiger partial charge >= 0.3 is 11.9 Å². The van der Waals surface area contributed by atoms with Gasteiger partial charge in [-0.1, -0.05) is 0 Å². The van der Waals surface area contributed by atoms with E-state index < -0.39 is 42.1 Å². The second-order valence-corrected chi connectivity index (χ2v) is 6.46. The molecule has 0 aromatic heterocycles. The number of nitrogens with one attached hydrogen (secondary N) is 1. The van der Waals surface area contributed by atoms with Crippen molar-refractivity contribution < 1.29 is 43.2 Å². The average molecular weight is 411 g/mol. The van der Waals surface area contributed by atoms with Gasteiger partial charge in [0.05, 0.1) is 0 Å². The first-order chi connectivity index (χ1) is 13.8. The number of nitrogens with zero attached hydrogens (tertiary/aromatic N) is 2. The minimum atomic E-state index is -0.953. The Labute approximate surface area is 165 Å². The van der Waals surface area contributed by atoms with Crippen molar-refractivity contribution in [2.24, 2.45) is 0 Å². The minimum Gasteiger partial charge on any atom is -0.345 e. The second-order valence-electron chi connectivity index (χ2n) is 6.46. The van der Waals surface area contributed by atoms with E-state index in [1.165, 1.54) is 0 Å². The Hall–Kier alpha value is -3.31. The van der Waals surface area contributed by atoms with Crippen LogP contribution in [-0.4, -0.2) is 64.6 Å². The van der Waals surface area contributed by atoms with Gasteiger partial charge in [-0.25, -0.2) is 9.59 Å². The van der Waals surface area contributed by atoms with Gasteiger partial charge in [0, 0.05) is 38.5 Å². The van der Waals surface area contributed by atoms with Crippen LogP contribution >= 0.6 is 0 Å². The number of carbonyl (C=O) groups is 7. The Kier molecular flexibility index (Phi) is 7.80. The Morgan fingerprint density at radius 1 is 0.793 bits per heavy atom. The highest BCUT2D eigenvalue weighted by atomic mass is 16.7. The van der Waals surface area contributed by atoms with Crippen LogP contribution in [0.5, 0.6) is 0 Å². The Balaban J connectivity index is 1.56. The monoisotopic (exact) mass is 411 g/mol. The molecule has 0 bridgehead atoms. The molecule has 0 spiro atoms. The van der Waals surface area contributed by atoms with Crippen molar-refractivity contribution in [3.63, 3.8) is 0 Å². The largest absolute Gasteiger partial charge is 0.352 e. The van der Waals surface area contributed by atoms with Crippen LogP contribution in [0.4, 0.5) is 0 Å². The summed E-state index contributed by atoms with van der Waals surface area (Å²) < 4.78 is 0. The fourth-order valence-electron chi connectivity index (χ4n) is 2.56. The molecule has 158 valence electrons. The molecule has 0 aromatic carbocycles. The van der Waals surface area contributed by atoms with Gasteiger partial charge in [-0.2, -0.15) is 5.06 Å². The molecule has 0 aliphatic carbocycles. The standard InChI is InChI=1S/C17H21N3O9/c21-11-5-6-13(23)19(10-11)28-16(26)4-2-1-3-12(22)18-9-17(27)29-20-14(24)7-8-15(20)25/h1-10H2,(H,18,22). The maximum absolute atomic E-state index is 11.7. The maximum atomic E-state index is 11.7.